The smallest absolute Gasteiger partial charge is 0.251 e. The molecular weight excluding hydrogens is 572 g/mol. The van der Waals surface area contributed by atoms with Crippen molar-refractivity contribution in [2.75, 3.05) is 45.9 Å². The maximum absolute atomic E-state index is 12.8. The van der Waals surface area contributed by atoms with Gasteiger partial charge in [-0.1, -0.05) is 0 Å². The first-order chi connectivity index (χ1) is 20.4. The average molecular weight is 625 g/mol. The normalized spacial score (nSPS) is 34.4. The molecule has 43 heavy (non-hydrogen) atoms. The lowest BCUT2D eigenvalue weighted by Gasteiger charge is -2.47. The molecule has 12 atom stereocenters. The standard InChI is InChI=1S/C25H52N8O10/c26-4-1-7-33(24(40)15(35)3-6-28)8-9-41-22-13(32-23(39)14(34)2-5-27)10-12(30)21(20(22)38)43-25-17(31)19(37)18(36)16(11-29)42-25/h12-22,25,34-38H,1-11,26-31H2,(H,32,39)/t12-,13+,14-,15-,16+,17+,18+,19+,20-,21+,22-,25+/m0/s1. The van der Waals surface area contributed by atoms with E-state index in [4.69, 9.17) is 48.6 Å². The zero-order chi connectivity index (χ0) is 32.3. The van der Waals surface area contributed by atoms with Crippen LogP contribution < -0.4 is 39.7 Å². The molecule has 1 heterocycles. The summed E-state index contributed by atoms with van der Waals surface area (Å²) in [6.45, 7) is 0.446. The number of amides is 2. The number of nitrogens with zero attached hydrogens (tertiary/aromatic N) is 1. The Morgan fingerprint density at radius 1 is 0.907 bits per heavy atom. The Morgan fingerprint density at radius 3 is 2.16 bits per heavy atom. The molecule has 0 aromatic heterocycles. The minimum Gasteiger partial charge on any atom is -0.388 e. The van der Waals surface area contributed by atoms with Gasteiger partial charge in [-0.3, -0.25) is 9.59 Å². The van der Waals surface area contributed by atoms with Gasteiger partial charge in [0.25, 0.3) is 5.91 Å². The number of aliphatic hydroxyl groups excluding tert-OH is 5. The molecule has 252 valence electrons. The van der Waals surface area contributed by atoms with Crippen LogP contribution in [0.4, 0.5) is 0 Å². The second kappa shape index (κ2) is 18.4. The van der Waals surface area contributed by atoms with E-state index in [0.717, 1.165) is 0 Å². The van der Waals surface area contributed by atoms with Crippen molar-refractivity contribution in [1.29, 1.82) is 0 Å². The Morgan fingerprint density at radius 2 is 1.56 bits per heavy atom. The molecule has 18 N–H and O–H groups in total. The summed E-state index contributed by atoms with van der Waals surface area (Å²) in [5.74, 6) is -1.30. The number of aliphatic hydroxyl groups is 5. The van der Waals surface area contributed by atoms with Gasteiger partial charge in [-0.2, -0.15) is 0 Å². The fourth-order valence-corrected chi connectivity index (χ4v) is 5.17. The number of carbonyl (C=O) groups is 2. The molecule has 18 heteroatoms. The van der Waals surface area contributed by atoms with Gasteiger partial charge in [-0.15, -0.1) is 0 Å². The zero-order valence-electron chi connectivity index (χ0n) is 24.4. The SMILES string of the molecule is NCCCN(CCO[C@@H]1[C@@H](O)[C@H](O[C@H]2O[C@H](CN)[C@@H](O)[C@H](O)[C@H]2N)[C@@H](N)C[C@H]1NC(=O)[C@@H](O)CCN)C(=O)[C@@H](O)CCN. The van der Waals surface area contributed by atoms with Crippen molar-refractivity contribution >= 4 is 11.8 Å². The molecule has 1 aliphatic heterocycles. The van der Waals surface area contributed by atoms with Crippen LogP contribution in [-0.2, 0) is 23.8 Å². The molecule has 18 nitrogen and oxygen atoms in total. The van der Waals surface area contributed by atoms with Crippen molar-refractivity contribution in [2.45, 2.75) is 98.9 Å². The van der Waals surface area contributed by atoms with Crippen molar-refractivity contribution in [2.24, 2.45) is 34.4 Å². The molecular formula is C25H52N8O10. The van der Waals surface area contributed by atoms with Gasteiger partial charge in [0.05, 0.1) is 18.7 Å². The van der Waals surface area contributed by atoms with Gasteiger partial charge >= 0.3 is 0 Å². The highest BCUT2D eigenvalue weighted by Gasteiger charge is 2.49. The summed E-state index contributed by atoms with van der Waals surface area (Å²) in [5, 5.41) is 54.9. The number of carbonyl (C=O) groups excluding carboxylic acids is 2. The van der Waals surface area contributed by atoms with Gasteiger partial charge in [0.2, 0.25) is 5.91 Å². The predicted octanol–water partition coefficient (Wildman–Crippen LogP) is -7.34. The molecule has 2 amide bonds. The molecule has 2 aliphatic rings. The molecule has 1 aliphatic carbocycles. The number of ether oxygens (including phenoxy) is 3. The number of hydrogen-bond donors (Lipinski definition) is 12. The summed E-state index contributed by atoms with van der Waals surface area (Å²) in [5.41, 5.74) is 34.5. The van der Waals surface area contributed by atoms with Gasteiger partial charge in [-0.05, 0) is 45.3 Å². The van der Waals surface area contributed by atoms with Crippen molar-refractivity contribution in [3.05, 3.63) is 0 Å². The molecule has 0 unspecified atom stereocenters. The molecule has 1 saturated heterocycles. The van der Waals surface area contributed by atoms with Crippen molar-refractivity contribution in [3.8, 4) is 0 Å². The topological polar surface area (TPSA) is 334 Å². The first kappa shape index (κ1) is 37.6. The van der Waals surface area contributed by atoms with Crippen molar-refractivity contribution in [1.82, 2.24) is 10.2 Å². The summed E-state index contributed by atoms with van der Waals surface area (Å²) in [6.07, 6.45) is -11.1. The first-order valence-electron chi connectivity index (χ1n) is 14.6. The number of nitrogens with two attached hydrogens (primary N) is 6. The van der Waals surface area contributed by atoms with Crippen LogP contribution in [-0.4, -0.2) is 161 Å². The average Bonchev–Trinajstić information content (AvgIpc) is 2.97. The lowest BCUT2D eigenvalue weighted by molar-refractivity contribution is -0.289. The highest BCUT2D eigenvalue weighted by Crippen LogP contribution is 2.29. The summed E-state index contributed by atoms with van der Waals surface area (Å²) >= 11 is 0. The van der Waals surface area contributed by atoms with E-state index >= 15 is 0 Å². The maximum Gasteiger partial charge on any atom is 0.251 e. The van der Waals surface area contributed by atoms with Gasteiger partial charge in [0, 0.05) is 25.7 Å². The first-order valence-corrected chi connectivity index (χ1v) is 14.6. The minimum absolute atomic E-state index is 0.00115. The van der Waals surface area contributed by atoms with Crippen LogP contribution in [0.15, 0.2) is 0 Å². The minimum atomic E-state index is -1.49. The van der Waals surface area contributed by atoms with E-state index in [-0.39, 0.29) is 58.6 Å². The van der Waals surface area contributed by atoms with E-state index in [1.165, 1.54) is 4.90 Å². The monoisotopic (exact) mass is 624 g/mol. The Hall–Kier alpha value is -1.62. The molecule has 0 spiro atoms. The summed E-state index contributed by atoms with van der Waals surface area (Å²) in [4.78, 5) is 26.8. The van der Waals surface area contributed by atoms with Crippen LogP contribution in [0, 0.1) is 0 Å². The lowest BCUT2D eigenvalue weighted by atomic mass is 9.83. The van der Waals surface area contributed by atoms with E-state index in [1.54, 1.807) is 0 Å². The van der Waals surface area contributed by atoms with Crippen molar-refractivity contribution < 1.29 is 49.3 Å². The Bertz CT molecular complexity index is 848. The van der Waals surface area contributed by atoms with E-state index in [9.17, 15) is 35.1 Å². The van der Waals surface area contributed by atoms with Crippen LogP contribution in [0.2, 0.25) is 0 Å². The maximum atomic E-state index is 12.8. The lowest BCUT2D eigenvalue weighted by Crippen LogP contribution is -2.68. The van der Waals surface area contributed by atoms with E-state index in [1.807, 2.05) is 0 Å². The zero-order valence-corrected chi connectivity index (χ0v) is 24.4. The van der Waals surface area contributed by atoms with Gasteiger partial charge in [-0.25, -0.2) is 0 Å². The van der Waals surface area contributed by atoms with Crippen molar-refractivity contribution in [3.63, 3.8) is 0 Å². The number of rotatable bonds is 17. The number of nitrogens with one attached hydrogen (secondary N) is 1. The molecule has 2 fully saturated rings. The number of hydrogen-bond acceptors (Lipinski definition) is 16. The largest absolute Gasteiger partial charge is 0.388 e. The van der Waals surface area contributed by atoms with Crippen LogP contribution in [0.3, 0.4) is 0 Å². The second-order valence-electron chi connectivity index (χ2n) is 10.9. The van der Waals surface area contributed by atoms with E-state index in [2.05, 4.69) is 5.32 Å². The Labute approximate surface area is 250 Å². The molecule has 0 bridgehead atoms. The Balaban J connectivity index is 2.23. The predicted molar refractivity (Wildman–Crippen MR) is 152 cm³/mol. The highest BCUT2D eigenvalue weighted by atomic mass is 16.7. The summed E-state index contributed by atoms with van der Waals surface area (Å²) in [7, 11) is 0. The van der Waals surface area contributed by atoms with Gasteiger partial charge in [0.15, 0.2) is 6.29 Å². The molecule has 0 radical (unpaired) electrons. The summed E-state index contributed by atoms with van der Waals surface area (Å²) < 4.78 is 17.6. The van der Waals surface area contributed by atoms with Crippen LogP contribution in [0.5, 0.6) is 0 Å². The second-order valence-corrected chi connectivity index (χ2v) is 10.9. The quantitative estimate of drug-likeness (QED) is 0.0714. The Kier molecular flexibility index (Phi) is 16.1. The fourth-order valence-electron chi connectivity index (χ4n) is 5.17. The molecule has 0 aromatic carbocycles. The van der Waals surface area contributed by atoms with Crippen LogP contribution >= 0.6 is 0 Å². The fraction of sp³-hybridized carbons (Fsp3) is 0.920. The van der Waals surface area contributed by atoms with Gasteiger partial charge < -0.3 is 84.4 Å². The highest BCUT2D eigenvalue weighted by molar-refractivity contribution is 5.81. The van der Waals surface area contributed by atoms with Crippen LogP contribution in [0.1, 0.15) is 25.7 Å². The van der Waals surface area contributed by atoms with E-state index in [0.29, 0.717) is 13.0 Å². The third-order valence-corrected chi connectivity index (χ3v) is 7.70. The third-order valence-electron chi connectivity index (χ3n) is 7.70. The summed E-state index contributed by atoms with van der Waals surface area (Å²) in [6, 6.07) is -3.01. The van der Waals surface area contributed by atoms with Gasteiger partial charge in [0.1, 0.15) is 48.8 Å². The molecule has 0 aromatic rings. The molecule has 2 rings (SSSR count). The third kappa shape index (κ3) is 10.2. The molecule has 1 saturated carbocycles. The van der Waals surface area contributed by atoms with E-state index < -0.39 is 85.1 Å². The van der Waals surface area contributed by atoms with Crippen LogP contribution in [0.25, 0.3) is 0 Å².